The molecule has 0 atom stereocenters. The molecule has 0 saturated heterocycles. The van der Waals surface area contributed by atoms with Crippen LogP contribution < -0.4 is 4.74 Å². The minimum absolute atomic E-state index is 0.285. The van der Waals surface area contributed by atoms with Crippen molar-refractivity contribution < 1.29 is 19.0 Å². The standard InChI is InChI=1S/C16H12BrFO3/c17-15-4-2-1-3-12(15)10-21-14-8-11(5-6-16(19)20)7-13(18)9-14/h1-9H,10H2,(H,19,20)/b6-5+. The summed E-state index contributed by atoms with van der Waals surface area (Å²) in [5.74, 6) is -1.23. The Hall–Kier alpha value is -2.14. The number of benzene rings is 2. The predicted molar refractivity (Wildman–Crippen MR) is 81.5 cm³/mol. The Morgan fingerprint density at radius 3 is 2.76 bits per heavy atom. The Bertz CT molecular complexity index is 683. The van der Waals surface area contributed by atoms with Crippen molar-refractivity contribution in [1.82, 2.24) is 0 Å². The Kier molecular flexibility index (Phi) is 5.11. The number of hydrogen-bond donors (Lipinski definition) is 1. The SMILES string of the molecule is O=C(O)/C=C/c1cc(F)cc(OCc2ccccc2Br)c1. The highest BCUT2D eigenvalue weighted by atomic mass is 79.9. The van der Waals surface area contributed by atoms with Crippen LogP contribution in [0.2, 0.25) is 0 Å². The van der Waals surface area contributed by atoms with Crippen LogP contribution in [0.4, 0.5) is 4.39 Å². The highest BCUT2D eigenvalue weighted by Gasteiger charge is 2.03. The van der Waals surface area contributed by atoms with E-state index in [0.717, 1.165) is 16.1 Å². The molecule has 0 aliphatic heterocycles. The van der Waals surface area contributed by atoms with E-state index in [2.05, 4.69) is 15.9 Å². The molecule has 0 aliphatic carbocycles. The van der Waals surface area contributed by atoms with Gasteiger partial charge in [0.1, 0.15) is 18.2 Å². The van der Waals surface area contributed by atoms with E-state index in [4.69, 9.17) is 9.84 Å². The van der Waals surface area contributed by atoms with E-state index in [1.54, 1.807) is 6.07 Å². The molecule has 0 spiro atoms. The number of carboxylic acid groups (broad SMARTS) is 1. The first-order chi connectivity index (χ1) is 10.0. The molecule has 0 aliphatic rings. The van der Waals surface area contributed by atoms with E-state index in [0.29, 0.717) is 11.3 Å². The fourth-order valence-corrected chi connectivity index (χ4v) is 2.11. The summed E-state index contributed by atoms with van der Waals surface area (Å²) in [4.78, 5) is 10.5. The summed E-state index contributed by atoms with van der Waals surface area (Å²) in [6.07, 6.45) is 2.27. The van der Waals surface area contributed by atoms with Gasteiger partial charge in [-0.25, -0.2) is 9.18 Å². The van der Waals surface area contributed by atoms with Gasteiger partial charge in [-0.2, -0.15) is 0 Å². The molecule has 3 nitrogen and oxygen atoms in total. The van der Waals surface area contributed by atoms with Gasteiger partial charge >= 0.3 is 5.97 Å². The van der Waals surface area contributed by atoms with Gasteiger partial charge in [0.2, 0.25) is 0 Å². The quantitative estimate of drug-likeness (QED) is 0.819. The van der Waals surface area contributed by atoms with Crippen LogP contribution in [0.1, 0.15) is 11.1 Å². The Balaban J connectivity index is 2.13. The van der Waals surface area contributed by atoms with Crippen molar-refractivity contribution in [3.05, 3.63) is 70.0 Å². The van der Waals surface area contributed by atoms with Gasteiger partial charge < -0.3 is 9.84 Å². The smallest absolute Gasteiger partial charge is 0.328 e. The molecule has 0 radical (unpaired) electrons. The van der Waals surface area contributed by atoms with Gasteiger partial charge in [-0.1, -0.05) is 34.1 Å². The summed E-state index contributed by atoms with van der Waals surface area (Å²) >= 11 is 3.41. The van der Waals surface area contributed by atoms with Gasteiger partial charge in [-0.3, -0.25) is 0 Å². The van der Waals surface area contributed by atoms with Crippen molar-refractivity contribution in [1.29, 1.82) is 0 Å². The van der Waals surface area contributed by atoms with Gasteiger partial charge in [0, 0.05) is 22.2 Å². The molecule has 2 rings (SSSR count). The monoisotopic (exact) mass is 350 g/mol. The number of aliphatic carboxylic acids is 1. The normalized spacial score (nSPS) is 10.8. The average molecular weight is 351 g/mol. The third-order valence-electron chi connectivity index (χ3n) is 2.66. The zero-order chi connectivity index (χ0) is 15.2. The third kappa shape index (κ3) is 4.72. The molecule has 2 aromatic carbocycles. The van der Waals surface area contributed by atoms with Crippen LogP contribution in [0.5, 0.6) is 5.75 Å². The average Bonchev–Trinajstić information content (AvgIpc) is 2.44. The minimum atomic E-state index is -1.09. The fraction of sp³-hybridized carbons (Fsp3) is 0.0625. The number of rotatable bonds is 5. The van der Waals surface area contributed by atoms with Crippen molar-refractivity contribution in [3.8, 4) is 5.75 Å². The lowest BCUT2D eigenvalue weighted by Crippen LogP contribution is -1.97. The van der Waals surface area contributed by atoms with Crippen LogP contribution in [0.3, 0.4) is 0 Å². The molecule has 1 N–H and O–H groups in total. The largest absolute Gasteiger partial charge is 0.489 e. The number of ether oxygens (including phenoxy) is 1. The van der Waals surface area contributed by atoms with Crippen LogP contribution in [0.25, 0.3) is 6.08 Å². The molecule has 108 valence electrons. The topological polar surface area (TPSA) is 46.5 Å². The first-order valence-corrected chi connectivity index (χ1v) is 6.92. The number of carboxylic acids is 1. The van der Waals surface area contributed by atoms with Crippen LogP contribution in [-0.4, -0.2) is 11.1 Å². The Morgan fingerprint density at radius 2 is 2.05 bits per heavy atom. The van der Waals surface area contributed by atoms with E-state index < -0.39 is 11.8 Å². The summed E-state index contributed by atoms with van der Waals surface area (Å²) in [5.41, 5.74) is 1.36. The van der Waals surface area contributed by atoms with Crippen LogP contribution in [0, 0.1) is 5.82 Å². The number of carbonyl (C=O) groups is 1. The fourth-order valence-electron chi connectivity index (χ4n) is 1.71. The molecule has 0 unspecified atom stereocenters. The van der Waals surface area contributed by atoms with Crippen molar-refractivity contribution in [2.24, 2.45) is 0 Å². The van der Waals surface area contributed by atoms with Gasteiger partial charge in [0.15, 0.2) is 0 Å². The maximum atomic E-state index is 13.5. The lowest BCUT2D eigenvalue weighted by atomic mass is 10.2. The molecule has 0 saturated carbocycles. The zero-order valence-electron chi connectivity index (χ0n) is 10.9. The third-order valence-corrected chi connectivity index (χ3v) is 3.44. The zero-order valence-corrected chi connectivity index (χ0v) is 12.5. The van der Waals surface area contributed by atoms with E-state index >= 15 is 0 Å². The molecule has 0 bridgehead atoms. The molecular weight excluding hydrogens is 339 g/mol. The van der Waals surface area contributed by atoms with Crippen LogP contribution >= 0.6 is 15.9 Å². The van der Waals surface area contributed by atoms with Crippen LogP contribution in [-0.2, 0) is 11.4 Å². The van der Waals surface area contributed by atoms with Gasteiger partial charge in [-0.05, 0) is 29.8 Å². The molecule has 5 heteroatoms. The van der Waals surface area contributed by atoms with E-state index in [-0.39, 0.29) is 6.61 Å². The van der Waals surface area contributed by atoms with E-state index in [1.807, 2.05) is 24.3 Å². The Labute approximate surface area is 129 Å². The van der Waals surface area contributed by atoms with Crippen molar-refractivity contribution in [3.63, 3.8) is 0 Å². The molecular formula is C16H12BrFO3. The van der Waals surface area contributed by atoms with Gasteiger partial charge in [0.05, 0.1) is 0 Å². The Morgan fingerprint density at radius 1 is 1.29 bits per heavy atom. The van der Waals surface area contributed by atoms with Crippen molar-refractivity contribution in [2.75, 3.05) is 0 Å². The molecule has 0 fully saturated rings. The highest BCUT2D eigenvalue weighted by Crippen LogP contribution is 2.21. The highest BCUT2D eigenvalue weighted by molar-refractivity contribution is 9.10. The minimum Gasteiger partial charge on any atom is -0.489 e. The molecule has 2 aromatic rings. The maximum Gasteiger partial charge on any atom is 0.328 e. The van der Waals surface area contributed by atoms with Crippen LogP contribution in [0.15, 0.2) is 53.0 Å². The van der Waals surface area contributed by atoms with E-state index in [9.17, 15) is 9.18 Å². The lowest BCUT2D eigenvalue weighted by molar-refractivity contribution is -0.131. The number of halogens is 2. The van der Waals surface area contributed by atoms with Gasteiger partial charge in [-0.15, -0.1) is 0 Å². The van der Waals surface area contributed by atoms with E-state index in [1.165, 1.54) is 18.2 Å². The lowest BCUT2D eigenvalue weighted by Gasteiger charge is -2.09. The molecule has 0 amide bonds. The predicted octanol–water partition coefficient (Wildman–Crippen LogP) is 4.27. The summed E-state index contributed by atoms with van der Waals surface area (Å²) in [6.45, 7) is 0.285. The van der Waals surface area contributed by atoms with Crippen molar-refractivity contribution in [2.45, 2.75) is 6.61 Å². The summed E-state index contributed by atoms with van der Waals surface area (Å²) in [5, 5.41) is 8.58. The summed E-state index contributed by atoms with van der Waals surface area (Å²) in [7, 11) is 0. The summed E-state index contributed by atoms with van der Waals surface area (Å²) < 4.78 is 19.9. The first-order valence-electron chi connectivity index (χ1n) is 6.12. The molecule has 21 heavy (non-hydrogen) atoms. The number of hydrogen-bond acceptors (Lipinski definition) is 2. The van der Waals surface area contributed by atoms with Gasteiger partial charge in [0.25, 0.3) is 0 Å². The molecule has 0 heterocycles. The summed E-state index contributed by atoms with van der Waals surface area (Å²) in [6, 6.07) is 11.7. The first kappa shape index (κ1) is 15.3. The second kappa shape index (κ2) is 7.04. The maximum absolute atomic E-state index is 13.5. The van der Waals surface area contributed by atoms with Crippen molar-refractivity contribution >= 4 is 28.0 Å². The second-order valence-electron chi connectivity index (χ2n) is 4.27. The second-order valence-corrected chi connectivity index (χ2v) is 5.13. The molecule has 0 aromatic heterocycles.